The van der Waals surface area contributed by atoms with Crippen molar-refractivity contribution in [2.45, 2.75) is 16.9 Å². The molecule has 0 aromatic heterocycles. The van der Waals surface area contributed by atoms with Gasteiger partial charge in [-0.05, 0) is 46.5 Å². The molecule has 1 aliphatic rings. The Morgan fingerprint density at radius 3 is 2.06 bits per heavy atom. The summed E-state index contributed by atoms with van der Waals surface area (Å²) in [5.41, 5.74) is 4.18. The maximum Gasteiger partial charge on any atom is 0.407 e. The lowest BCUT2D eigenvalue weighted by atomic mass is 9.98. The highest BCUT2D eigenvalue weighted by molar-refractivity contribution is 9.10. The number of rotatable bonds is 8. The third-order valence-corrected chi connectivity index (χ3v) is 7.50. The Bertz CT molecular complexity index is 1280. The van der Waals surface area contributed by atoms with Crippen molar-refractivity contribution in [3.63, 3.8) is 0 Å². The number of amides is 1. The van der Waals surface area contributed by atoms with Crippen LogP contribution in [0.15, 0.2) is 82.2 Å². The molecule has 4 rings (SSSR count). The zero-order valence-corrected chi connectivity index (χ0v) is 20.2. The fourth-order valence-corrected chi connectivity index (χ4v) is 5.18. The molecule has 3 N–H and O–H groups in total. The smallest absolute Gasteiger partial charge is 0.407 e. The number of carboxylic acid groups (broad SMARTS) is 1. The van der Waals surface area contributed by atoms with E-state index in [1.807, 2.05) is 48.5 Å². The van der Waals surface area contributed by atoms with Crippen LogP contribution in [0.3, 0.4) is 0 Å². The van der Waals surface area contributed by atoms with Gasteiger partial charge in [-0.1, -0.05) is 64.5 Å². The fourth-order valence-electron chi connectivity index (χ4n) is 3.87. The van der Waals surface area contributed by atoms with Crippen molar-refractivity contribution in [2.75, 3.05) is 13.2 Å². The molecule has 0 radical (unpaired) electrons. The third kappa shape index (κ3) is 5.14. The minimum atomic E-state index is -3.96. The molecule has 1 aliphatic carbocycles. The van der Waals surface area contributed by atoms with Gasteiger partial charge in [-0.3, -0.25) is 0 Å². The van der Waals surface area contributed by atoms with Crippen LogP contribution in [0.5, 0.6) is 0 Å². The number of alkyl carbamates (subject to hydrolysis) is 1. The molecule has 0 bridgehead atoms. The second kappa shape index (κ2) is 9.96. The van der Waals surface area contributed by atoms with Crippen molar-refractivity contribution in [3.05, 3.63) is 88.4 Å². The molecular weight excluding hydrogens is 524 g/mol. The first-order valence-electron chi connectivity index (χ1n) is 10.4. The van der Waals surface area contributed by atoms with E-state index in [1.54, 1.807) is 12.1 Å². The number of carbonyl (C=O) groups is 2. The Balaban J connectivity index is 1.38. The van der Waals surface area contributed by atoms with Gasteiger partial charge in [-0.15, -0.1) is 0 Å². The zero-order chi connectivity index (χ0) is 24.3. The Hall–Kier alpha value is -3.21. The molecule has 0 unspecified atom stereocenters. The number of nitrogens with one attached hydrogen (secondary N) is 2. The van der Waals surface area contributed by atoms with Gasteiger partial charge in [0.15, 0.2) is 0 Å². The number of aliphatic carboxylic acids is 1. The summed E-state index contributed by atoms with van der Waals surface area (Å²) < 4.78 is 33.1. The summed E-state index contributed by atoms with van der Waals surface area (Å²) in [5.74, 6) is -1.58. The van der Waals surface area contributed by atoms with E-state index in [-0.39, 0.29) is 17.4 Å². The van der Waals surface area contributed by atoms with Crippen LogP contribution in [-0.2, 0) is 19.6 Å². The number of hydrogen-bond donors (Lipinski definition) is 3. The van der Waals surface area contributed by atoms with Crippen molar-refractivity contribution in [1.29, 1.82) is 0 Å². The minimum absolute atomic E-state index is 0.0107. The molecule has 0 spiro atoms. The Morgan fingerprint density at radius 1 is 0.941 bits per heavy atom. The molecule has 3 aromatic rings. The van der Waals surface area contributed by atoms with Crippen molar-refractivity contribution in [3.8, 4) is 11.1 Å². The number of fused-ring (bicyclic) bond motifs is 3. The summed E-state index contributed by atoms with van der Waals surface area (Å²) >= 11 is 3.22. The summed E-state index contributed by atoms with van der Waals surface area (Å²) in [4.78, 5) is 24.0. The van der Waals surface area contributed by atoms with Crippen molar-refractivity contribution in [1.82, 2.24) is 10.0 Å². The van der Waals surface area contributed by atoms with Crippen LogP contribution in [0, 0.1) is 0 Å². The van der Waals surface area contributed by atoms with Gasteiger partial charge in [0, 0.05) is 16.9 Å². The van der Waals surface area contributed by atoms with Crippen molar-refractivity contribution >= 4 is 38.0 Å². The third-order valence-electron chi connectivity index (χ3n) is 5.54. The van der Waals surface area contributed by atoms with E-state index < -0.39 is 34.7 Å². The highest BCUT2D eigenvalue weighted by Gasteiger charge is 2.30. The summed E-state index contributed by atoms with van der Waals surface area (Å²) in [6, 6.07) is 20.0. The van der Waals surface area contributed by atoms with E-state index in [2.05, 4.69) is 26.0 Å². The molecule has 3 aromatic carbocycles. The number of carboxylic acids is 1. The first kappa shape index (κ1) is 23.9. The van der Waals surface area contributed by atoms with Gasteiger partial charge in [-0.2, -0.15) is 0 Å². The molecule has 1 amide bonds. The molecule has 1 atom stereocenters. The van der Waals surface area contributed by atoms with Crippen LogP contribution in [0.2, 0.25) is 0 Å². The van der Waals surface area contributed by atoms with E-state index >= 15 is 0 Å². The van der Waals surface area contributed by atoms with Crippen LogP contribution in [0.1, 0.15) is 17.0 Å². The summed E-state index contributed by atoms with van der Waals surface area (Å²) in [7, 11) is -3.96. The first-order valence-corrected chi connectivity index (χ1v) is 12.6. The number of benzene rings is 3. The monoisotopic (exact) mass is 544 g/mol. The van der Waals surface area contributed by atoms with Crippen molar-refractivity contribution < 1.29 is 27.9 Å². The highest BCUT2D eigenvalue weighted by Crippen LogP contribution is 2.44. The maximum atomic E-state index is 12.4. The van der Waals surface area contributed by atoms with Gasteiger partial charge < -0.3 is 15.2 Å². The van der Waals surface area contributed by atoms with Crippen LogP contribution in [0.25, 0.3) is 11.1 Å². The highest BCUT2D eigenvalue weighted by atomic mass is 79.9. The molecule has 0 fully saturated rings. The first-order chi connectivity index (χ1) is 16.3. The molecule has 34 heavy (non-hydrogen) atoms. The second-order valence-electron chi connectivity index (χ2n) is 7.67. The number of ether oxygens (including phenoxy) is 1. The largest absolute Gasteiger partial charge is 0.480 e. The summed E-state index contributed by atoms with van der Waals surface area (Å²) in [6.07, 6.45) is -0.947. The zero-order valence-electron chi connectivity index (χ0n) is 17.8. The van der Waals surface area contributed by atoms with Crippen LogP contribution < -0.4 is 10.0 Å². The molecule has 0 aliphatic heterocycles. The predicted octanol–water partition coefficient (Wildman–Crippen LogP) is 3.72. The Morgan fingerprint density at radius 2 is 1.50 bits per heavy atom. The fraction of sp³-hybridized carbons (Fsp3) is 0.167. The van der Waals surface area contributed by atoms with Crippen LogP contribution in [-0.4, -0.2) is 44.8 Å². The molecule has 0 saturated heterocycles. The van der Waals surface area contributed by atoms with E-state index in [0.717, 1.165) is 22.3 Å². The van der Waals surface area contributed by atoms with E-state index in [0.29, 0.717) is 4.47 Å². The van der Waals surface area contributed by atoms with Gasteiger partial charge in [0.05, 0.1) is 4.90 Å². The van der Waals surface area contributed by atoms with Crippen molar-refractivity contribution in [2.24, 2.45) is 0 Å². The van der Waals surface area contributed by atoms with E-state index in [4.69, 9.17) is 4.74 Å². The van der Waals surface area contributed by atoms with Gasteiger partial charge in [0.1, 0.15) is 12.6 Å². The lowest BCUT2D eigenvalue weighted by Crippen LogP contribution is -2.48. The quantitative estimate of drug-likeness (QED) is 0.397. The molecule has 0 heterocycles. The standard InChI is InChI=1S/C24H21BrN2O6S/c25-15-9-11-16(12-10-15)34(31,32)26-13-22(23(28)29)27-24(30)33-14-21-19-7-3-1-5-17(19)18-6-2-4-8-20(18)21/h1-12,21-22,26H,13-14H2,(H,27,30)(H,28,29)/t22-/m0/s1. The van der Waals surface area contributed by atoms with Gasteiger partial charge in [-0.25, -0.2) is 22.7 Å². The summed E-state index contributed by atoms with van der Waals surface area (Å²) in [6.45, 7) is -0.533. The van der Waals surface area contributed by atoms with Gasteiger partial charge in [0.25, 0.3) is 0 Å². The maximum absolute atomic E-state index is 12.4. The number of sulfonamides is 1. The lowest BCUT2D eigenvalue weighted by Gasteiger charge is -2.18. The Labute approximate surface area is 205 Å². The molecule has 10 heteroatoms. The lowest BCUT2D eigenvalue weighted by molar-refractivity contribution is -0.139. The number of hydrogen-bond acceptors (Lipinski definition) is 5. The van der Waals surface area contributed by atoms with E-state index in [1.165, 1.54) is 12.1 Å². The second-order valence-corrected chi connectivity index (χ2v) is 10.3. The normalized spacial score (nSPS) is 13.6. The topological polar surface area (TPSA) is 122 Å². The average Bonchev–Trinajstić information content (AvgIpc) is 3.14. The molecule has 8 nitrogen and oxygen atoms in total. The number of halogens is 1. The SMILES string of the molecule is O=C(N[C@@H](CNS(=O)(=O)c1ccc(Br)cc1)C(=O)O)OCC1c2ccccc2-c2ccccc21. The number of carbonyl (C=O) groups excluding carboxylic acids is 1. The Kier molecular flexibility index (Phi) is 7.01. The van der Waals surface area contributed by atoms with Crippen LogP contribution in [0.4, 0.5) is 4.79 Å². The van der Waals surface area contributed by atoms with Gasteiger partial charge >= 0.3 is 12.1 Å². The van der Waals surface area contributed by atoms with Gasteiger partial charge in [0.2, 0.25) is 10.0 Å². The minimum Gasteiger partial charge on any atom is -0.480 e. The molecule has 176 valence electrons. The molecule has 0 saturated carbocycles. The van der Waals surface area contributed by atoms with E-state index in [9.17, 15) is 23.1 Å². The predicted molar refractivity (Wildman–Crippen MR) is 129 cm³/mol. The average molecular weight is 545 g/mol. The molecular formula is C24H21BrN2O6S. The summed E-state index contributed by atoms with van der Waals surface area (Å²) in [5, 5.41) is 11.7. The van der Waals surface area contributed by atoms with Crippen LogP contribution >= 0.6 is 15.9 Å².